The van der Waals surface area contributed by atoms with Gasteiger partial charge in [-0.3, -0.25) is 0 Å². The summed E-state index contributed by atoms with van der Waals surface area (Å²) >= 11 is 0. The molecule has 2 rings (SSSR count). The molecule has 4 heteroatoms. The fourth-order valence-electron chi connectivity index (χ4n) is 2.34. The Kier molecular flexibility index (Phi) is 3.78. The van der Waals surface area contributed by atoms with E-state index in [9.17, 15) is 10.2 Å². The summed E-state index contributed by atoms with van der Waals surface area (Å²) in [6.07, 6.45) is 1.73. The van der Waals surface area contributed by atoms with Crippen molar-refractivity contribution in [3.8, 4) is 11.5 Å². The van der Waals surface area contributed by atoms with Crippen LogP contribution in [0.5, 0.6) is 11.5 Å². The Morgan fingerprint density at radius 3 is 3.00 bits per heavy atom. The van der Waals surface area contributed by atoms with Crippen LogP contribution in [-0.2, 0) is 0 Å². The number of hydrogen-bond acceptors (Lipinski definition) is 4. The molecule has 0 saturated carbocycles. The second kappa shape index (κ2) is 5.16. The quantitative estimate of drug-likeness (QED) is 0.748. The van der Waals surface area contributed by atoms with Crippen LogP contribution < -0.4 is 10.1 Å². The Bertz CT molecular complexity index is 418. The largest absolute Gasteiger partial charge is 0.508 e. The van der Waals surface area contributed by atoms with Gasteiger partial charge in [0.2, 0.25) is 0 Å². The zero-order valence-corrected chi connectivity index (χ0v) is 10.9. The smallest absolute Gasteiger partial charge is 0.127 e. The predicted octanol–water partition coefficient (Wildman–Crippen LogP) is 1.97. The van der Waals surface area contributed by atoms with Crippen LogP contribution in [0, 0.1) is 0 Å². The van der Waals surface area contributed by atoms with E-state index in [1.54, 1.807) is 12.1 Å². The van der Waals surface area contributed by atoms with Gasteiger partial charge in [0.1, 0.15) is 18.1 Å². The molecule has 3 N–H and O–H groups in total. The molecule has 0 aliphatic carbocycles. The molecule has 1 heterocycles. The lowest BCUT2D eigenvalue weighted by Crippen LogP contribution is -2.39. The summed E-state index contributed by atoms with van der Waals surface area (Å²) in [7, 11) is 0. The van der Waals surface area contributed by atoms with Gasteiger partial charge in [0.15, 0.2) is 0 Å². The lowest BCUT2D eigenvalue weighted by molar-refractivity contribution is 0.0464. The van der Waals surface area contributed by atoms with Gasteiger partial charge < -0.3 is 20.3 Å². The van der Waals surface area contributed by atoms with E-state index in [1.807, 2.05) is 13.0 Å². The monoisotopic (exact) mass is 251 g/mol. The Morgan fingerprint density at radius 2 is 2.28 bits per heavy atom. The molecule has 0 fully saturated rings. The maximum absolute atomic E-state index is 10.1. The molecule has 1 aliphatic rings. The second-order valence-electron chi connectivity index (χ2n) is 5.21. The van der Waals surface area contributed by atoms with Gasteiger partial charge in [-0.2, -0.15) is 0 Å². The average Bonchev–Trinajstić information content (AvgIpc) is 2.68. The topological polar surface area (TPSA) is 61.7 Å². The minimum Gasteiger partial charge on any atom is -0.508 e. The van der Waals surface area contributed by atoms with Crippen molar-refractivity contribution in [2.24, 2.45) is 0 Å². The highest BCUT2D eigenvalue weighted by atomic mass is 16.5. The average molecular weight is 251 g/mol. The van der Waals surface area contributed by atoms with Crippen molar-refractivity contribution >= 4 is 0 Å². The molecule has 0 amide bonds. The summed E-state index contributed by atoms with van der Waals surface area (Å²) in [5, 5.41) is 22.8. The number of rotatable bonds is 5. The number of aromatic hydroxyl groups is 1. The summed E-state index contributed by atoms with van der Waals surface area (Å²) in [5.41, 5.74) is 0.356. The van der Waals surface area contributed by atoms with Gasteiger partial charge in [-0.1, -0.05) is 13.3 Å². The minimum atomic E-state index is -0.686. The Hall–Kier alpha value is -1.26. The fourth-order valence-corrected chi connectivity index (χ4v) is 2.34. The van der Waals surface area contributed by atoms with Crippen LogP contribution in [-0.4, -0.2) is 29.0 Å². The van der Waals surface area contributed by atoms with Crippen LogP contribution in [0.4, 0.5) is 0 Å². The van der Waals surface area contributed by atoms with Crippen LogP contribution in [0.25, 0.3) is 0 Å². The van der Waals surface area contributed by atoms with Crippen LogP contribution in [0.1, 0.15) is 38.3 Å². The maximum atomic E-state index is 10.1. The van der Waals surface area contributed by atoms with Crippen LogP contribution in [0.3, 0.4) is 0 Å². The summed E-state index contributed by atoms with van der Waals surface area (Å²) in [5.74, 6) is 0.940. The highest BCUT2D eigenvalue weighted by Crippen LogP contribution is 2.34. The van der Waals surface area contributed by atoms with Gasteiger partial charge in [-0.15, -0.1) is 0 Å². The van der Waals surface area contributed by atoms with Gasteiger partial charge in [0, 0.05) is 18.2 Å². The number of fused-ring (bicyclic) bond motifs is 1. The minimum absolute atomic E-state index is 0.0870. The summed E-state index contributed by atoms with van der Waals surface area (Å²) in [6, 6.07) is 5.24. The molecule has 1 aromatic rings. The van der Waals surface area contributed by atoms with Gasteiger partial charge >= 0.3 is 0 Å². The molecule has 18 heavy (non-hydrogen) atoms. The van der Waals surface area contributed by atoms with Crippen molar-refractivity contribution in [1.82, 2.24) is 5.32 Å². The lowest BCUT2D eigenvalue weighted by atomic mass is 9.99. The highest BCUT2D eigenvalue weighted by Gasteiger charge is 2.27. The number of aliphatic hydroxyl groups is 1. The molecular formula is C14H21NO3. The first-order chi connectivity index (χ1) is 8.52. The number of nitrogens with one attached hydrogen (secondary N) is 1. The van der Waals surface area contributed by atoms with Crippen LogP contribution >= 0.6 is 0 Å². The van der Waals surface area contributed by atoms with Crippen LogP contribution in [0.2, 0.25) is 0 Å². The molecule has 0 spiro atoms. The molecule has 1 aromatic carbocycles. The van der Waals surface area contributed by atoms with E-state index >= 15 is 0 Å². The summed E-state index contributed by atoms with van der Waals surface area (Å²) in [4.78, 5) is 0. The van der Waals surface area contributed by atoms with E-state index in [-0.39, 0.29) is 11.8 Å². The molecule has 2 atom stereocenters. The molecule has 4 nitrogen and oxygen atoms in total. The van der Waals surface area contributed by atoms with Gasteiger partial charge in [-0.05, 0) is 25.5 Å². The number of phenols is 1. The number of benzene rings is 1. The lowest BCUT2D eigenvalue weighted by Gasteiger charge is -2.25. The van der Waals surface area contributed by atoms with E-state index in [0.29, 0.717) is 13.2 Å². The van der Waals surface area contributed by atoms with Crippen LogP contribution in [0.15, 0.2) is 18.2 Å². The highest BCUT2D eigenvalue weighted by molar-refractivity contribution is 5.44. The number of phenolic OH excluding ortho intramolecular Hbond substituents is 1. The molecule has 0 bridgehead atoms. The van der Waals surface area contributed by atoms with Crippen molar-refractivity contribution in [3.05, 3.63) is 23.8 Å². The Balaban J connectivity index is 1.98. The molecule has 2 unspecified atom stereocenters. The standard InChI is InChI=1S/C14H21NO3/c1-3-6-14(2,17)9-15-12-8-18-13-7-10(16)4-5-11(12)13/h4-5,7,12,15-17H,3,6,8-9H2,1-2H3. The predicted molar refractivity (Wildman–Crippen MR) is 69.9 cm³/mol. The van der Waals surface area contributed by atoms with Crippen molar-refractivity contribution in [2.75, 3.05) is 13.2 Å². The SMILES string of the molecule is CCCC(C)(O)CNC1COc2cc(O)ccc21. The fraction of sp³-hybridized carbons (Fsp3) is 0.571. The van der Waals surface area contributed by atoms with E-state index in [2.05, 4.69) is 12.2 Å². The molecule has 0 radical (unpaired) electrons. The molecule has 0 saturated heterocycles. The van der Waals surface area contributed by atoms with Crippen molar-refractivity contribution < 1.29 is 14.9 Å². The Morgan fingerprint density at radius 1 is 1.50 bits per heavy atom. The van der Waals surface area contributed by atoms with E-state index in [0.717, 1.165) is 24.2 Å². The summed E-state index contributed by atoms with van der Waals surface area (Å²) < 4.78 is 5.51. The third-order valence-electron chi connectivity index (χ3n) is 3.30. The third kappa shape index (κ3) is 2.94. The van der Waals surface area contributed by atoms with Gasteiger partial charge in [0.25, 0.3) is 0 Å². The molecule has 1 aliphatic heterocycles. The number of hydrogen-bond donors (Lipinski definition) is 3. The van der Waals surface area contributed by atoms with Crippen molar-refractivity contribution in [1.29, 1.82) is 0 Å². The first-order valence-electron chi connectivity index (χ1n) is 6.43. The third-order valence-corrected chi connectivity index (χ3v) is 3.30. The number of ether oxygens (including phenoxy) is 1. The van der Waals surface area contributed by atoms with E-state index < -0.39 is 5.60 Å². The van der Waals surface area contributed by atoms with Crippen molar-refractivity contribution in [2.45, 2.75) is 38.3 Å². The zero-order valence-electron chi connectivity index (χ0n) is 10.9. The van der Waals surface area contributed by atoms with E-state index in [4.69, 9.17) is 4.74 Å². The van der Waals surface area contributed by atoms with Gasteiger partial charge in [0.05, 0.1) is 11.6 Å². The molecule has 100 valence electrons. The maximum Gasteiger partial charge on any atom is 0.127 e. The second-order valence-corrected chi connectivity index (χ2v) is 5.21. The molecular weight excluding hydrogens is 230 g/mol. The first-order valence-corrected chi connectivity index (χ1v) is 6.43. The van der Waals surface area contributed by atoms with Crippen molar-refractivity contribution in [3.63, 3.8) is 0 Å². The molecule has 0 aromatic heterocycles. The zero-order chi connectivity index (χ0) is 13.2. The van der Waals surface area contributed by atoms with E-state index in [1.165, 1.54) is 0 Å². The first kappa shape index (κ1) is 13.2. The Labute approximate surface area is 108 Å². The van der Waals surface area contributed by atoms with Gasteiger partial charge in [-0.25, -0.2) is 0 Å². The summed E-state index contributed by atoms with van der Waals surface area (Å²) in [6.45, 7) is 4.98. The normalized spacial score (nSPS) is 21.2.